The lowest BCUT2D eigenvalue weighted by Crippen LogP contribution is -2.55. The van der Waals surface area contributed by atoms with Gasteiger partial charge in [0.25, 0.3) is 0 Å². The fourth-order valence-corrected chi connectivity index (χ4v) is 5.76. The van der Waals surface area contributed by atoms with Gasteiger partial charge in [-0.1, -0.05) is 18.5 Å². The number of aliphatic hydroxyl groups is 1. The van der Waals surface area contributed by atoms with Gasteiger partial charge in [-0.05, 0) is 74.9 Å². The summed E-state index contributed by atoms with van der Waals surface area (Å²) in [5.41, 5.74) is 4.26. The first-order valence-electron chi connectivity index (χ1n) is 11.3. The van der Waals surface area contributed by atoms with Gasteiger partial charge in [-0.15, -0.1) is 12.4 Å². The van der Waals surface area contributed by atoms with Crippen LogP contribution in [0.2, 0.25) is 0 Å². The van der Waals surface area contributed by atoms with Crippen molar-refractivity contribution in [3.05, 3.63) is 41.3 Å². The summed E-state index contributed by atoms with van der Waals surface area (Å²) in [4.78, 5) is 7.40. The molecule has 32 heavy (non-hydrogen) atoms. The molecule has 3 fully saturated rings. The third-order valence-corrected chi connectivity index (χ3v) is 7.48. The Morgan fingerprint density at radius 1 is 1.28 bits per heavy atom. The lowest BCUT2D eigenvalue weighted by atomic mass is 9.72. The van der Waals surface area contributed by atoms with Crippen molar-refractivity contribution in [3.63, 3.8) is 0 Å². The van der Waals surface area contributed by atoms with Crippen molar-refractivity contribution in [2.24, 2.45) is 11.8 Å². The minimum absolute atomic E-state index is 0. The molecule has 0 aliphatic carbocycles. The number of nitrogens with zero attached hydrogens (tertiary/aromatic N) is 3. The van der Waals surface area contributed by atoms with E-state index in [0.29, 0.717) is 5.92 Å². The van der Waals surface area contributed by atoms with Crippen molar-refractivity contribution in [2.45, 2.75) is 52.2 Å². The van der Waals surface area contributed by atoms with Crippen LogP contribution in [0.15, 0.2) is 28.8 Å². The molecule has 1 N–H and O–H groups in total. The maximum absolute atomic E-state index is 11.7. The molecule has 3 aromatic rings. The number of pyridine rings is 1. The topological polar surface area (TPSA) is 71.6 Å². The van der Waals surface area contributed by atoms with Gasteiger partial charge in [0.15, 0.2) is 0 Å². The van der Waals surface area contributed by atoms with E-state index < -0.39 is 6.10 Å². The Morgan fingerprint density at radius 2 is 2.09 bits per heavy atom. The minimum Gasteiger partial charge on any atom is -0.497 e. The highest BCUT2D eigenvalue weighted by atomic mass is 35.5. The predicted octanol–water partition coefficient (Wildman–Crippen LogP) is 5.09. The summed E-state index contributed by atoms with van der Waals surface area (Å²) in [6, 6.07) is 8.03. The van der Waals surface area contributed by atoms with Crippen LogP contribution in [0.3, 0.4) is 0 Å². The van der Waals surface area contributed by atoms with E-state index >= 15 is 0 Å². The van der Waals surface area contributed by atoms with Crippen molar-refractivity contribution in [1.82, 2.24) is 15.0 Å². The van der Waals surface area contributed by atoms with Crippen molar-refractivity contribution in [2.75, 3.05) is 20.2 Å². The number of ether oxygens (including phenoxy) is 1. The van der Waals surface area contributed by atoms with Crippen LogP contribution < -0.4 is 4.74 Å². The number of aryl methyl sites for hydroxylation is 2. The highest BCUT2D eigenvalue weighted by Crippen LogP contribution is 2.43. The molecule has 2 bridgehead atoms. The molecule has 2 unspecified atom stereocenters. The molecular formula is C25H32ClN3O3. The first-order chi connectivity index (χ1) is 15.0. The first-order valence-corrected chi connectivity index (χ1v) is 11.3. The maximum atomic E-state index is 11.7. The standard InChI is InChI=1S/C25H31N3O3.ClH/c1-5-16-13-28-9-8-17(16)10-23(28)25(29)20-12-22(24-14(2)27-31-15(24)3)26-21-7-6-18(30-4)11-19(20)21;/h6-7,11-12,16-17,23,25,29H,5,8-10,13H2,1-4H3;1H/t16-,17+,23?,25+;/m0./s1. The normalized spacial score (nSPS) is 25.5. The Kier molecular flexibility index (Phi) is 6.48. The molecule has 172 valence electrons. The molecule has 5 atom stereocenters. The molecule has 0 saturated carbocycles. The third-order valence-electron chi connectivity index (χ3n) is 7.48. The van der Waals surface area contributed by atoms with Gasteiger partial charge in [0.2, 0.25) is 0 Å². The molecule has 0 amide bonds. The number of hydrogen-bond donors (Lipinski definition) is 1. The third kappa shape index (κ3) is 3.78. The lowest BCUT2D eigenvalue weighted by Gasteiger charge is -2.51. The summed E-state index contributed by atoms with van der Waals surface area (Å²) in [5.74, 6) is 2.97. The zero-order valence-corrected chi connectivity index (χ0v) is 20.0. The Bertz CT molecular complexity index is 1100. The molecule has 6 nitrogen and oxygen atoms in total. The molecule has 5 heterocycles. The van der Waals surface area contributed by atoms with Crippen LogP contribution in [0, 0.1) is 25.7 Å². The largest absolute Gasteiger partial charge is 0.497 e. The van der Waals surface area contributed by atoms with Crippen LogP contribution in [-0.2, 0) is 0 Å². The predicted molar refractivity (Wildman–Crippen MR) is 127 cm³/mol. The zero-order chi connectivity index (χ0) is 21.7. The Balaban J connectivity index is 0.00000245. The van der Waals surface area contributed by atoms with Crippen LogP contribution >= 0.6 is 12.4 Å². The molecule has 0 spiro atoms. The number of benzene rings is 1. The molecule has 7 heteroatoms. The van der Waals surface area contributed by atoms with Gasteiger partial charge in [0, 0.05) is 18.0 Å². The van der Waals surface area contributed by atoms with Gasteiger partial charge in [-0.2, -0.15) is 0 Å². The van der Waals surface area contributed by atoms with Crippen LogP contribution in [0.4, 0.5) is 0 Å². The van der Waals surface area contributed by atoms with Gasteiger partial charge in [0.05, 0.1) is 35.7 Å². The number of aromatic nitrogens is 2. The average Bonchev–Trinajstić information content (AvgIpc) is 3.15. The summed E-state index contributed by atoms with van der Waals surface area (Å²) in [6.45, 7) is 8.29. The number of aliphatic hydroxyl groups excluding tert-OH is 1. The lowest BCUT2D eigenvalue weighted by molar-refractivity contribution is -0.0562. The van der Waals surface area contributed by atoms with Gasteiger partial charge in [-0.3, -0.25) is 4.90 Å². The number of hydrogen-bond acceptors (Lipinski definition) is 6. The van der Waals surface area contributed by atoms with E-state index in [2.05, 4.69) is 17.0 Å². The van der Waals surface area contributed by atoms with Crippen molar-refractivity contribution in [1.29, 1.82) is 0 Å². The molecule has 3 aliphatic heterocycles. The second-order valence-corrected chi connectivity index (χ2v) is 9.14. The molecule has 6 rings (SSSR count). The fraction of sp³-hybridized carbons (Fsp3) is 0.520. The molecule has 2 aromatic heterocycles. The van der Waals surface area contributed by atoms with E-state index in [0.717, 1.165) is 70.4 Å². The van der Waals surface area contributed by atoms with Gasteiger partial charge >= 0.3 is 0 Å². The van der Waals surface area contributed by atoms with Crippen LogP contribution in [0.25, 0.3) is 22.2 Å². The summed E-state index contributed by atoms with van der Waals surface area (Å²) >= 11 is 0. The minimum atomic E-state index is -0.586. The van der Waals surface area contributed by atoms with Crippen LogP contribution in [0.5, 0.6) is 5.75 Å². The van der Waals surface area contributed by atoms with E-state index in [1.807, 2.05) is 38.1 Å². The number of rotatable bonds is 5. The number of methoxy groups -OCH3 is 1. The molecule has 0 radical (unpaired) electrons. The fourth-order valence-electron chi connectivity index (χ4n) is 5.76. The van der Waals surface area contributed by atoms with Gasteiger partial charge in [-0.25, -0.2) is 4.98 Å². The highest BCUT2D eigenvalue weighted by Gasteiger charge is 2.42. The second-order valence-electron chi connectivity index (χ2n) is 9.14. The number of piperidine rings is 3. The second kappa shape index (κ2) is 9.00. The molecule has 1 aromatic carbocycles. The van der Waals surface area contributed by atoms with Crippen molar-refractivity contribution in [3.8, 4) is 17.0 Å². The Labute approximate surface area is 195 Å². The summed E-state index contributed by atoms with van der Waals surface area (Å²) in [7, 11) is 1.67. The van der Waals surface area contributed by atoms with Gasteiger partial charge in [0.1, 0.15) is 11.5 Å². The van der Waals surface area contributed by atoms with Crippen LogP contribution in [-0.4, -0.2) is 46.4 Å². The highest BCUT2D eigenvalue weighted by molar-refractivity contribution is 5.87. The first kappa shape index (κ1) is 23.0. The van der Waals surface area contributed by atoms with Crippen LogP contribution in [0.1, 0.15) is 49.3 Å². The monoisotopic (exact) mass is 457 g/mol. The van der Waals surface area contributed by atoms with E-state index in [4.69, 9.17) is 14.2 Å². The van der Waals surface area contributed by atoms with E-state index in [9.17, 15) is 5.11 Å². The maximum Gasteiger partial charge on any atom is 0.143 e. The quantitative estimate of drug-likeness (QED) is 0.575. The van der Waals surface area contributed by atoms with E-state index in [1.54, 1.807) is 7.11 Å². The zero-order valence-electron chi connectivity index (χ0n) is 19.2. The molecule has 3 saturated heterocycles. The molecule has 3 aliphatic rings. The smallest absolute Gasteiger partial charge is 0.143 e. The van der Waals surface area contributed by atoms with Gasteiger partial charge < -0.3 is 14.4 Å². The number of fused-ring (bicyclic) bond motifs is 4. The Hall–Kier alpha value is -2.15. The SMILES string of the molecule is CC[C@H]1CN2CC[C@@H]1CC2[C@H](O)c1cc(-c2c(C)noc2C)nc2ccc(OC)cc12.Cl. The summed E-state index contributed by atoms with van der Waals surface area (Å²) in [6.07, 6.45) is 2.93. The summed E-state index contributed by atoms with van der Waals surface area (Å²) in [5, 5.41) is 16.7. The average molecular weight is 458 g/mol. The Morgan fingerprint density at radius 3 is 2.72 bits per heavy atom. The van der Waals surface area contributed by atoms with Crippen molar-refractivity contribution >= 4 is 23.3 Å². The number of halogens is 1. The molecular weight excluding hydrogens is 426 g/mol. The van der Waals surface area contributed by atoms with E-state index in [-0.39, 0.29) is 18.4 Å². The van der Waals surface area contributed by atoms with Crippen molar-refractivity contribution < 1.29 is 14.4 Å². The van der Waals surface area contributed by atoms with E-state index in [1.165, 1.54) is 12.8 Å². The summed E-state index contributed by atoms with van der Waals surface area (Å²) < 4.78 is 10.9.